The van der Waals surface area contributed by atoms with Gasteiger partial charge in [0.1, 0.15) is 30.3 Å². The Balaban J connectivity index is 0.00000330. The molecular weight excluding hydrogens is 618 g/mol. The third kappa shape index (κ3) is 11.7. The molecule has 8 nitrogen and oxygen atoms in total. The molecule has 0 saturated carbocycles. The summed E-state index contributed by atoms with van der Waals surface area (Å²) in [4.78, 5) is 18.4. The molecule has 0 amide bonds. The lowest BCUT2D eigenvalue weighted by molar-refractivity contribution is -0.137. The number of hydrogen-bond donors (Lipinski definition) is 2. The number of ether oxygens (including phenoxy) is 2. The fraction of sp³-hybridized carbons (Fsp3) is 0.323. The largest absolute Gasteiger partial charge is 0.501 e. The van der Waals surface area contributed by atoms with Crippen molar-refractivity contribution in [3.8, 4) is 0 Å². The monoisotopic (exact) mass is 653 g/mol. The van der Waals surface area contributed by atoms with Crippen molar-refractivity contribution < 1.29 is 27.5 Å². The SMILES string of the molecule is CC.CNOC(=NCCO/C1=C/C(C)=N/C=N\C(Nc2ccc(Cl)c(Cl)c2)=C(C)\C=C(\OC)C1)c1cccc(C(F)(F)F)c1. The minimum atomic E-state index is -4.49. The van der Waals surface area contributed by atoms with Crippen LogP contribution in [0.25, 0.3) is 0 Å². The number of nitrogens with zero attached hydrogens (tertiary/aromatic N) is 3. The first kappa shape index (κ1) is 36.4. The van der Waals surface area contributed by atoms with Gasteiger partial charge in [0.2, 0.25) is 5.90 Å². The molecule has 1 heterocycles. The summed E-state index contributed by atoms with van der Waals surface area (Å²) in [6, 6.07) is 9.88. The first-order valence-corrected chi connectivity index (χ1v) is 14.4. The Morgan fingerprint density at radius 1 is 1.02 bits per heavy atom. The molecule has 44 heavy (non-hydrogen) atoms. The molecule has 0 aliphatic carbocycles. The zero-order valence-corrected chi connectivity index (χ0v) is 26.9. The van der Waals surface area contributed by atoms with Gasteiger partial charge in [-0.25, -0.2) is 15.0 Å². The lowest BCUT2D eigenvalue weighted by atomic mass is 10.1. The summed E-state index contributed by atoms with van der Waals surface area (Å²) in [6.45, 7) is 7.86. The van der Waals surface area contributed by atoms with Gasteiger partial charge in [-0.05, 0) is 68.0 Å². The number of halogens is 5. The maximum absolute atomic E-state index is 13.2. The van der Waals surface area contributed by atoms with Crippen LogP contribution in [-0.2, 0) is 20.5 Å². The highest BCUT2D eigenvalue weighted by molar-refractivity contribution is 6.42. The van der Waals surface area contributed by atoms with Crippen molar-refractivity contribution in [3.63, 3.8) is 0 Å². The quantitative estimate of drug-likeness (QED) is 0.122. The van der Waals surface area contributed by atoms with Crippen LogP contribution >= 0.6 is 23.2 Å². The molecule has 2 aromatic rings. The molecule has 1 aliphatic rings. The van der Waals surface area contributed by atoms with Gasteiger partial charge >= 0.3 is 6.18 Å². The van der Waals surface area contributed by atoms with E-state index >= 15 is 0 Å². The summed E-state index contributed by atoms with van der Waals surface area (Å²) in [5.74, 6) is 1.64. The third-order valence-electron chi connectivity index (χ3n) is 5.63. The zero-order valence-electron chi connectivity index (χ0n) is 25.4. The fourth-order valence-corrected chi connectivity index (χ4v) is 3.93. The molecule has 0 unspecified atom stereocenters. The Morgan fingerprint density at radius 2 is 1.77 bits per heavy atom. The number of hydroxylamine groups is 1. The van der Waals surface area contributed by atoms with Crippen molar-refractivity contribution in [2.24, 2.45) is 15.0 Å². The number of anilines is 1. The van der Waals surface area contributed by atoms with Crippen molar-refractivity contribution in [1.82, 2.24) is 5.48 Å². The number of hydrogen-bond acceptors (Lipinski definition) is 8. The second-order valence-corrected chi connectivity index (χ2v) is 9.64. The smallest absolute Gasteiger partial charge is 0.416 e. The van der Waals surface area contributed by atoms with Crippen LogP contribution in [0.1, 0.15) is 45.2 Å². The average Bonchev–Trinajstić information content (AvgIpc) is 3.02. The molecule has 0 bridgehead atoms. The van der Waals surface area contributed by atoms with E-state index < -0.39 is 11.7 Å². The maximum atomic E-state index is 13.2. The topological polar surface area (TPSA) is 88.8 Å². The minimum Gasteiger partial charge on any atom is -0.501 e. The van der Waals surface area contributed by atoms with Crippen LogP contribution in [0.4, 0.5) is 18.9 Å². The van der Waals surface area contributed by atoms with E-state index in [1.807, 2.05) is 26.8 Å². The van der Waals surface area contributed by atoms with E-state index in [4.69, 9.17) is 37.5 Å². The Kier molecular flexibility index (Phi) is 15.0. The van der Waals surface area contributed by atoms with Gasteiger partial charge < -0.3 is 19.6 Å². The van der Waals surface area contributed by atoms with Crippen molar-refractivity contribution in [1.29, 1.82) is 0 Å². The molecule has 0 saturated heterocycles. The summed E-state index contributed by atoms with van der Waals surface area (Å²) < 4.78 is 51.1. The van der Waals surface area contributed by atoms with E-state index in [-0.39, 0.29) is 31.0 Å². The summed E-state index contributed by atoms with van der Waals surface area (Å²) in [6.07, 6.45) is 0.777. The van der Waals surface area contributed by atoms with Gasteiger partial charge in [-0.1, -0.05) is 43.1 Å². The molecule has 0 atom stereocenters. The molecule has 3 rings (SSSR count). The molecule has 0 fully saturated rings. The Bertz CT molecular complexity index is 1450. The van der Waals surface area contributed by atoms with Gasteiger partial charge in [-0.15, -0.1) is 0 Å². The maximum Gasteiger partial charge on any atom is 0.416 e. The molecular formula is C31H36Cl2F3N5O3. The molecule has 238 valence electrons. The fourth-order valence-electron chi connectivity index (χ4n) is 3.63. The standard InChI is InChI=1S/C29H30Cl2F3N5O3.C2H6/c1-18-12-23(40-4)16-24(13-19(2)37-17-38-27(18)39-22-8-9-25(30)26(31)15-22)41-11-10-36-28(42-35-3)20-6-5-7-21(14-20)29(32,33)34;1-2/h5-9,12-15,17,35,39H,10-11,16H2,1-4H3;1-2H3/b23-12+,24-13+,27-18-,36-28?,37-19+,38-17-;. The number of rotatable bonds is 9. The van der Waals surface area contributed by atoms with Gasteiger partial charge in [0, 0.05) is 24.0 Å². The van der Waals surface area contributed by atoms with E-state index in [1.165, 1.54) is 25.5 Å². The number of aliphatic imine (C=N–C) groups is 3. The van der Waals surface area contributed by atoms with E-state index in [1.54, 1.807) is 38.3 Å². The van der Waals surface area contributed by atoms with Gasteiger partial charge in [-0.3, -0.25) is 0 Å². The first-order chi connectivity index (χ1) is 21.0. The van der Waals surface area contributed by atoms with Crippen LogP contribution in [0.3, 0.4) is 0 Å². The molecule has 2 aromatic carbocycles. The normalized spacial score (nSPS) is 20.2. The number of benzene rings is 2. The zero-order chi connectivity index (χ0) is 32.7. The van der Waals surface area contributed by atoms with Crippen molar-refractivity contribution in [2.75, 3.05) is 32.6 Å². The third-order valence-corrected chi connectivity index (χ3v) is 6.37. The number of methoxy groups -OCH3 is 1. The van der Waals surface area contributed by atoms with E-state index in [0.29, 0.717) is 38.8 Å². The Hall–Kier alpha value is -3.80. The first-order valence-electron chi connectivity index (χ1n) is 13.6. The number of allylic oxidation sites excluding steroid dienone is 3. The van der Waals surface area contributed by atoms with Crippen molar-refractivity contribution in [3.05, 3.63) is 98.7 Å². The molecule has 0 spiro atoms. The predicted octanol–water partition coefficient (Wildman–Crippen LogP) is 8.60. The summed E-state index contributed by atoms with van der Waals surface area (Å²) in [5, 5.41) is 4.06. The summed E-state index contributed by atoms with van der Waals surface area (Å²) in [7, 11) is 3.03. The van der Waals surface area contributed by atoms with Crippen LogP contribution in [0, 0.1) is 0 Å². The van der Waals surface area contributed by atoms with Gasteiger partial charge in [0.05, 0.1) is 35.7 Å². The second-order valence-electron chi connectivity index (χ2n) is 8.82. The molecule has 0 aromatic heterocycles. The van der Waals surface area contributed by atoms with Crippen molar-refractivity contribution in [2.45, 2.75) is 40.3 Å². The average molecular weight is 655 g/mol. The number of nitrogens with one attached hydrogen (secondary N) is 2. The highest BCUT2D eigenvalue weighted by atomic mass is 35.5. The molecule has 2 N–H and O–H groups in total. The van der Waals surface area contributed by atoms with Crippen LogP contribution in [0.15, 0.2) is 92.5 Å². The van der Waals surface area contributed by atoms with Gasteiger partial charge in [0.25, 0.3) is 0 Å². The summed E-state index contributed by atoms with van der Waals surface area (Å²) >= 11 is 12.2. The summed E-state index contributed by atoms with van der Waals surface area (Å²) in [5.41, 5.74) is 3.88. The molecule has 13 heteroatoms. The lowest BCUT2D eigenvalue weighted by Crippen LogP contribution is -2.18. The van der Waals surface area contributed by atoms with E-state index in [9.17, 15) is 13.2 Å². The van der Waals surface area contributed by atoms with Crippen LogP contribution in [-0.4, -0.2) is 45.3 Å². The van der Waals surface area contributed by atoms with Crippen molar-refractivity contribution >= 4 is 46.8 Å². The highest BCUT2D eigenvalue weighted by Crippen LogP contribution is 2.30. The van der Waals surface area contributed by atoms with Crippen LogP contribution in [0.2, 0.25) is 10.0 Å². The van der Waals surface area contributed by atoms with E-state index in [0.717, 1.165) is 17.7 Å². The Labute approximate surface area is 266 Å². The molecule has 1 aliphatic heterocycles. The Morgan fingerprint density at radius 3 is 2.43 bits per heavy atom. The lowest BCUT2D eigenvalue weighted by Gasteiger charge is -2.14. The van der Waals surface area contributed by atoms with Gasteiger partial charge in [0.15, 0.2) is 0 Å². The van der Waals surface area contributed by atoms with Crippen LogP contribution in [0.5, 0.6) is 0 Å². The highest BCUT2D eigenvalue weighted by Gasteiger charge is 2.30. The number of alkyl halides is 3. The van der Waals surface area contributed by atoms with Crippen LogP contribution < -0.4 is 10.8 Å². The minimum absolute atomic E-state index is 0.00202. The predicted molar refractivity (Wildman–Crippen MR) is 172 cm³/mol. The second kappa shape index (κ2) is 18.1. The van der Waals surface area contributed by atoms with E-state index in [2.05, 4.69) is 25.8 Å². The van der Waals surface area contributed by atoms with Gasteiger partial charge in [-0.2, -0.15) is 18.7 Å². The molecule has 0 radical (unpaired) electrons.